The lowest BCUT2D eigenvalue weighted by atomic mass is 10.1. The van der Waals surface area contributed by atoms with E-state index in [9.17, 15) is 4.79 Å². The van der Waals surface area contributed by atoms with Crippen molar-refractivity contribution in [1.82, 2.24) is 0 Å². The Kier molecular flexibility index (Phi) is 10.6. The SMILES string of the molecule is [2H]C([2H])([2H])C([2H])([2H])OC(=O)CCCC/C=C\C/C=C\C/C=C\CCCCC. The molecule has 0 N–H and O–H groups in total. The third kappa shape index (κ3) is 16.7. The lowest BCUT2D eigenvalue weighted by molar-refractivity contribution is -0.143. The fraction of sp³-hybridized carbons (Fsp3) is 0.650. The van der Waals surface area contributed by atoms with Crippen molar-refractivity contribution < 1.29 is 16.4 Å². The highest BCUT2D eigenvalue weighted by atomic mass is 16.5. The van der Waals surface area contributed by atoms with E-state index in [1.54, 1.807) is 0 Å². The maximum Gasteiger partial charge on any atom is 0.305 e. The average molecular weight is 312 g/mol. The number of esters is 1. The van der Waals surface area contributed by atoms with E-state index in [4.69, 9.17) is 6.85 Å². The lowest BCUT2D eigenvalue weighted by Gasteiger charge is -1.99. The van der Waals surface area contributed by atoms with Gasteiger partial charge in [0.25, 0.3) is 0 Å². The molecule has 0 fully saturated rings. The van der Waals surface area contributed by atoms with Crippen molar-refractivity contribution in [3.05, 3.63) is 36.5 Å². The summed E-state index contributed by atoms with van der Waals surface area (Å²) in [5.74, 6) is -0.814. The van der Waals surface area contributed by atoms with Gasteiger partial charge in [0.2, 0.25) is 0 Å². The summed E-state index contributed by atoms with van der Waals surface area (Å²) in [5.41, 5.74) is 0. The van der Waals surface area contributed by atoms with Crippen LogP contribution in [0.25, 0.3) is 0 Å². The average Bonchev–Trinajstić information content (AvgIpc) is 2.57. The highest BCUT2D eigenvalue weighted by Gasteiger charge is 1.99. The van der Waals surface area contributed by atoms with Crippen LogP contribution in [-0.4, -0.2) is 12.5 Å². The number of allylic oxidation sites excluding steroid dienone is 6. The number of rotatable bonds is 14. The summed E-state index contributed by atoms with van der Waals surface area (Å²) in [7, 11) is 0. The first-order valence-electron chi connectivity index (χ1n) is 10.9. The van der Waals surface area contributed by atoms with Gasteiger partial charge in [0.05, 0.1) is 9.30 Å². The molecule has 22 heavy (non-hydrogen) atoms. The van der Waals surface area contributed by atoms with Crippen LogP contribution in [0.5, 0.6) is 0 Å². The zero-order valence-electron chi connectivity index (χ0n) is 18.9. The number of carbonyl (C=O) groups excluding carboxylic acids is 1. The number of unbranched alkanes of at least 4 members (excludes halogenated alkanes) is 5. The van der Waals surface area contributed by atoms with Gasteiger partial charge in [0, 0.05) is 10.5 Å². The quantitative estimate of drug-likeness (QED) is 0.219. The van der Waals surface area contributed by atoms with Crippen LogP contribution in [0.1, 0.15) is 84.8 Å². The van der Waals surface area contributed by atoms with Gasteiger partial charge in [-0.3, -0.25) is 4.79 Å². The van der Waals surface area contributed by atoms with Crippen LogP contribution in [0.2, 0.25) is 0 Å². The molecule has 0 aliphatic carbocycles. The second kappa shape index (κ2) is 17.7. The van der Waals surface area contributed by atoms with Gasteiger partial charge in [-0.1, -0.05) is 56.2 Å². The van der Waals surface area contributed by atoms with Gasteiger partial charge < -0.3 is 4.74 Å². The van der Waals surface area contributed by atoms with Crippen LogP contribution < -0.4 is 0 Å². The highest BCUT2D eigenvalue weighted by molar-refractivity contribution is 5.69. The Bertz CT molecular complexity index is 479. The van der Waals surface area contributed by atoms with Gasteiger partial charge >= 0.3 is 5.97 Å². The van der Waals surface area contributed by atoms with Gasteiger partial charge in [-0.2, -0.15) is 0 Å². The highest BCUT2D eigenvalue weighted by Crippen LogP contribution is 2.03. The zero-order chi connectivity index (χ0) is 20.6. The first kappa shape index (κ1) is 13.2. The molecule has 2 heteroatoms. The maximum atomic E-state index is 11.5. The van der Waals surface area contributed by atoms with Crippen LogP contribution in [0.3, 0.4) is 0 Å². The minimum absolute atomic E-state index is 0.0217. The molecular weight excluding hydrogens is 272 g/mol. The summed E-state index contributed by atoms with van der Waals surface area (Å²) >= 11 is 0. The smallest absolute Gasteiger partial charge is 0.305 e. The third-order valence-corrected chi connectivity index (χ3v) is 3.19. The van der Waals surface area contributed by atoms with E-state index in [0.29, 0.717) is 6.42 Å². The van der Waals surface area contributed by atoms with Crippen molar-refractivity contribution in [2.75, 3.05) is 6.56 Å². The molecule has 0 unspecified atom stereocenters. The van der Waals surface area contributed by atoms with Crippen molar-refractivity contribution in [2.45, 2.75) is 78.0 Å². The molecule has 126 valence electrons. The van der Waals surface area contributed by atoms with E-state index in [0.717, 1.165) is 32.1 Å². The minimum Gasteiger partial charge on any atom is -0.466 e. The Morgan fingerprint density at radius 1 is 0.955 bits per heavy atom. The van der Waals surface area contributed by atoms with Gasteiger partial charge in [-0.25, -0.2) is 0 Å². The molecule has 0 rings (SSSR count). The van der Waals surface area contributed by atoms with Crippen LogP contribution in [-0.2, 0) is 9.53 Å². The summed E-state index contributed by atoms with van der Waals surface area (Å²) in [5, 5.41) is 0. The van der Waals surface area contributed by atoms with E-state index >= 15 is 0 Å². The molecule has 0 radical (unpaired) electrons. The molecule has 0 aromatic carbocycles. The Labute approximate surface area is 144 Å². The van der Waals surface area contributed by atoms with Crippen molar-refractivity contribution in [3.63, 3.8) is 0 Å². The van der Waals surface area contributed by atoms with Crippen molar-refractivity contribution >= 4 is 5.97 Å². The molecule has 0 aliphatic heterocycles. The van der Waals surface area contributed by atoms with Crippen LogP contribution in [0.15, 0.2) is 36.5 Å². The summed E-state index contributed by atoms with van der Waals surface area (Å²) in [6.07, 6.45) is 21.8. The number of carbonyl (C=O) groups is 1. The maximum absolute atomic E-state index is 11.5. The molecule has 0 amide bonds. The molecular formula is C20H34O2. The second-order valence-corrected chi connectivity index (χ2v) is 5.20. The minimum atomic E-state index is -2.97. The standard InChI is InChI=1S/C20H34O2/c1-3-5-6-7-8-9-10-11-12-13-14-15-16-17-18-19-20(21)22-4-2/h8-9,11-12,14-15H,3-7,10,13,16-19H2,1-2H3/b9-8-,12-11-,15-14-/i2D3,4D2. The van der Waals surface area contributed by atoms with Gasteiger partial charge in [0.1, 0.15) is 0 Å². The Morgan fingerprint density at radius 3 is 2.14 bits per heavy atom. The van der Waals surface area contributed by atoms with Gasteiger partial charge in [-0.05, 0) is 51.8 Å². The predicted molar refractivity (Wildman–Crippen MR) is 95.9 cm³/mol. The first-order chi connectivity index (χ1) is 12.7. The third-order valence-electron chi connectivity index (χ3n) is 3.19. The molecule has 0 heterocycles. The zero-order valence-corrected chi connectivity index (χ0v) is 13.9. The van der Waals surface area contributed by atoms with Gasteiger partial charge in [-0.15, -0.1) is 0 Å². The monoisotopic (exact) mass is 311 g/mol. The van der Waals surface area contributed by atoms with Crippen molar-refractivity contribution in [3.8, 4) is 0 Å². The molecule has 0 aromatic heterocycles. The Balaban J connectivity index is 3.68. The van der Waals surface area contributed by atoms with Crippen molar-refractivity contribution in [1.29, 1.82) is 0 Å². The predicted octanol–water partition coefficient (Wildman–Crippen LogP) is 6.14. The fourth-order valence-corrected chi connectivity index (χ4v) is 1.93. The van der Waals surface area contributed by atoms with E-state index in [2.05, 4.69) is 48.1 Å². The molecule has 0 aromatic rings. The van der Waals surface area contributed by atoms with Crippen LogP contribution in [0, 0.1) is 0 Å². The van der Waals surface area contributed by atoms with E-state index < -0.39 is 19.4 Å². The molecule has 0 atom stereocenters. The van der Waals surface area contributed by atoms with Crippen LogP contribution in [0.4, 0.5) is 0 Å². The first-order valence-corrected chi connectivity index (χ1v) is 8.37. The molecule has 0 saturated carbocycles. The molecule has 0 saturated heterocycles. The van der Waals surface area contributed by atoms with E-state index in [1.807, 2.05) is 0 Å². The topological polar surface area (TPSA) is 26.3 Å². The molecule has 2 nitrogen and oxygen atoms in total. The molecule has 0 spiro atoms. The Morgan fingerprint density at radius 2 is 1.55 bits per heavy atom. The summed E-state index contributed by atoms with van der Waals surface area (Å²) in [4.78, 5) is 11.5. The molecule has 0 bridgehead atoms. The summed E-state index contributed by atoms with van der Waals surface area (Å²) in [6.45, 7) is -3.69. The number of ether oxygens (including phenoxy) is 1. The molecule has 0 aliphatic rings. The number of hydrogen-bond donors (Lipinski definition) is 0. The number of hydrogen-bond acceptors (Lipinski definition) is 2. The van der Waals surface area contributed by atoms with E-state index in [1.165, 1.54) is 19.3 Å². The van der Waals surface area contributed by atoms with Crippen LogP contribution >= 0.6 is 0 Å². The van der Waals surface area contributed by atoms with E-state index in [-0.39, 0.29) is 6.42 Å². The lowest BCUT2D eigenvalue weighted by Crippen LogP contribution is -2.02. The summed E-state index contributed by atoms with van der Waals surface area (Å²) < 4.78 is 39.9. The Hall–Kier alpha value is -1.31. The van der Waals surface area contributed by atoms with Crippen molar-refractivity contribution in [2.24, 2.45) is 0 Å². The largest absolute Gasteiger partial charge is 0.466 e. The second-order valence-electron chi connectivity index (χ2n) is 5.20. The fourth-order valence-electron chi connectivity index (χ4n) is 1.93. The normalized spacial score (nSPS) is 16.5. The van der Waals surface area contributed by atoms with Gasteiger partial charge in [0.15, 0.2) is 0 Å². The summed E-state index contributed by atoms with van der Waals surface area (Å²) in [6, 6.07) is 0.